The average Bonchev–Trinajstić information content (AvgIpc) is 3.03. The molecular weight excluding hydrogens is 252 g/mol. The van der Waals surface area contributed by atoms with Gasteiger partial charge in [-0.1, -0.05) is 6.92 Å². The molecule has 1 saturated heterocycles. The van der Waals surface area contributed by atoms with Gasteiger partial charge in [0.2, 0.25) is 0 Å². The van der Waals surface area contributed by atoms with E-state index in [1.165, 1.54) is 0 Å². The zero-order valence-electron chi connectivity index (χ0n) is 13.0. The van der Waals surface area contributed by atoms with Crippen molar-refractivity contribution in [2.24, 2.45) is 11.7 Å². The van der Waals surface area contributed by atoms with Gasteiger partial charge in [0, 0.05) is 13.1 Å². The van der Waals surface area contributed by atoms with Crippen molar-refractivity contribution in [2.75, 3.05) is 19.6 Å². The minimum atomic E-state index is -0.103. The molecule has 20 heavy (non-hydrogen) atoms. The molecule has 1 amide bonds. The molecule has 1 aliphatic heterocycles. The van der Waals surface area contributed by atoms with Crippen LogP contribution in [0.25, 0.3) is 0 Å². The van der Waals surface area contributed by atoms with Crippen LogP contribution in [-0.4, -0.2) is 40.2 Å². The Balaban J connectivity index is 2.25. The fourth-order valence-corrected chi connectivity index (χ4v) is 2.85. The van der Waals surface area contributed by atoms with E-state index in [4.69, 9.17) is 5.73 Å². The predicted molar refractivity (Wildman–Crippen MR) is 79.7 cm³/mol. The molecule has 1 aliphatic rings. The number of rotatable bonds is 3. The fourth-order valence-electron chi connectivity index (χ4n) is 2.85. The van der Waals surface area contributed by atoms with Gasteiger partial charge in [0.25, 0.3) is 5.91 Å². The monoisotopic (exact) mass is 278 g/mol. The SMILES string of the molecule is CCc1c(C(=O)N2CCC(CN)C2)cnn1C(C)(C)C. The normalized spacial score (nSPS) is 19.6. The Labute approximate surface area is 121 Å². The van der Waals surface area contributed by atoms with Gasteiger partial charge in [0.05, 0.1) is 23.0 Å². The van der Waals surface area contributed by atoms with Crippen molar-refractivity contribution >= 4 is 5.91 Å². The standard InChI is InChI=1S/C15H26N4O/c1-5-13-12(9-17-19(13)15(2,3)4)14(20)18-7-6-11(8-16)10-18/h9,11H,5-8,10,16H2,1-4H3. The second kappa shape index (κ2) is 5.56. The lowest BCUT2D eigenvalue weighted by atomic mass is 10.1. The van der Waals surface area contributed by atoms with Crippen LogP contribution in [0.3, 0.4) is 0 Å². The third-order valence-electron chi connectivity index (χ3n) is 3.98. The molecule has 2 heterocycles. The van der Waals surface area contributed by atoms with Crippen LogP contribution in [0, 0.1) is 5.92 Å². The number of carbonyl (C=O) groups is 1. The molecule has 2 N–H and O–H groups in total. The summed E-state index contributed by atoms with van der Waals surface area (Å²) in [7, 11) is 0. The van der Waals surface area contributed by atoms with Crippen molar-refractivity contribution in [2.45, 2.75) is 46.1 Å². The number of hydrogen-bond acceptors (Lipinski definition) is 3. The van der Waals surface area contributed by atoms with E-state index in [1.807, 2.05) is 9.58 Å². The molecule has 1 fully saturated rings. The topological polar surface area (TPSA) is 64.2 Å². The van der Waals surface area contributed by atoms with Gasteiger partial charge in [0.1, 0.15) is 0 Å². The Morgan fingerprint density at radius 2 is 2.20 bits per heavy atom. The molecule has 1 aromatic rings. The molecule has 0 saturated carbocycles. The predicted octanol–water partition coefficient (Wildman–Crippen LogP) is 1.62. The molecule has 112 valence electrons. The van der Waals surface area contributed by atoms with Gasteiger partial charge in [-0.3, -0.25) is 9.48 Å². The molecule has 1 atom stereocenters. The van der Waals surface area contributed by atoms with E-state index in [0.29, 0.717) is 12.5 Å². The smallest absolute Gasteiger partial charge is 0.257 e. The number of amides is 1. The van der Waals surface area contributed by atoms with Gasteiger partial charge in [-0.2, -0.15) is 5.10 Å². The quantitative estimate of drug-likeness (QED) is 0.914. The number of nitrogens with zero attached hydrogens (tertiary/aromatic N) is 3. The molecule has 1 aromatic heterocycles. The van der Waals surface area contributed by atoms with Crippen molar-refractivity contribution in [3.8, 4) is 0 Å². The maximum atomic E-state index is 12.7. The summed E-state index contributed by atoms with van der Waals surface area (Å²) in [6.45, 7) is 10.6. The lowest BCUT2D eigenvalue weighted by Gasteiger charge is -2.23. The fraction of sp³-hybridized carbons (Fsp3) is 0.733. The first kappa shape index (κ1) is 15.0. The van der Waals surface area contributed by atoms with E-state index in [2.05, 4.69) is 32.8 Å². The number of carbonyl (C=O) groups excluding carboxylic acids is 1. The van der Waals surface area contributed by atoms with Crippen molar-refractivity contribution in [1.29, 1.82) is 0 Å². The molecule has 0 radical (unpaired) electrons. The molecule has 1 unspecified atom stereocenters. The summed E-state index contributed by atoms with van der Waals surface area (Å²) < 4.78 is 1.97. The summed E-state index contributed by atoms with van der Waals surface area (Å²) in [5, 5.41) is 4.43. The van der Waals surface area contributed by atoms with E-state index in [0.717, 1.165) is 37.2 Å². The minimum absolute atomic E-state index is 0.103. The Hall–Kier alpha value is -1.36. The molecular formula is C15H26N4O. The van der Waals surface area contributed by atoms with E-state index in [9.17, 15) is 4.79 Å². The van der Waals surface area contributed by atoms with E-state index in [-0.39, 0.29) is 11.4 Å². The van der Waals surface area contributed by atoms with Crippen LogP contribution in [0.2, 0.25) is 0 Å². The van der Waals surface area contributed by atoms with Gasteiger partial charge in [-0.25, -0.2) is 0 Å². The maximum absolute atomic E-state index is 12.7. The summed E-state index contributed by atoms with van der Waals surface area (Å²) >= 11 is 0. The van der Waals surface area contributed by atoms with Crippen LogP contribution in [0.5, 0.6) is 0 Å². The average molecular weight is 278 g/mol. The third kappa shape index (κ3) is 2.73. The van der Waals surface area contributed by atoms with Crippen molar-refractivity contribution in [1.82, 2.24) is 14.7 Å². The molecule has 0 spiro atoms. The summed E-state index contributed by atoms with van der Waals surface area (Å²) in [5.74, 6) is 0.551. The third-order valence-corrected chi connectivity index (χ3v) is 3.98. The summed E-state index contributed by atoms with van der Waals surface area (Å²) in [5.41, 5.74) is 7.37. The lowest BCUT2D eigenvalue weighted by Crippen LogP contribution is -2.31. The zero-order valence-corrected chi connectivity index (χ0v) is 13.0. The Bertz CT molecular complexity index is 487. The van der Waals surface area contributed by atoms with Crippen molar-refractivity contribution in [3.05, 3.63) is 17.5 Å². The molecule has 0 aromatic carbocycles. The summed E-state index contributed by atoms with van der Waals surface area (Å²) in [4.78, 5) is 14.6. The van der Waals surface area contributed by atoms with Gasteiger partial charge in [-0.15, -0.1) is 0 Å². The highest BCUT2D eigenvalue weighted by atomic mass is 16.2. The highest BCUT2D eigenvalue weighted by Gasteiger charge is 2.30. The van der Waals surface area contributed by atoms with E-state index < -0.39 is 0 Å². The number of likely N-dealkylation sites (tertiary alicyclic amines) is 1. The molecule has 2 rings (SSSR count). The number of nitrogens with two attached hydrogens (primary N) is 1. The first-order valence-corrected chi connectivity index (χ1v) is 7.45. The molecule has 0 aliphatic carbocycles. The largest absolute Gasteiger partial charge is 0.338 e. The van der Waals surface area contributed by atoms with Gasteiger partial charge < -0.3 is 10.6 Å². The Kier molecular flexibility index (Phi) is 4.18. The van der Waals surface area contributed by atoms with Crippen molar-refractivity contribution in [3.63, 3.8) is 0 Å². The van der Waals surface area contributed by atoms with Crippen LogP contribution < -0.4 is 5.73 Å². The first-order valence-electron chi connectivity index (χ1n) is 7.45. The summed E-state index contributed by atoms with van der Waals surface area (Å²) in [6, 6.07) is 0. The maximum Gasteiger partial charge on any atom is 0.257 e. The molecule has 5 heteroatoms. The number of hydrogen-bond donors (Lipinski definition) is 1. The minimum Gasteiger partial charge on any atom is -0.338 e. The van der Waals surface area contributed by atoms with E-state index >= 15 is 0 Å². The zero-order chi connectivity index (χ0) is 14.9. The Morgan fingerprint density at radius 3 is 2.70 bits per heavy atom. The van der Waals surface area contributed by atoms with Crippen LogP contribution in [0.15, 0.2) is 6.20 Å². The van der Waals surface area contributed by atoms with Gasteiger partial charge in [-0.05, 0) is 46.1 Å². The van der Waals surface area contributed by atoms with Crippen molar-refractivity contribution < 1.29 is 4.79 Å². The van der Waals surface area contributed by atoms with E-state index in [1.54, 1.807) is 6.20 Å². The highest BCUT2D eigenvalue weighted by molar-refractivity contribution is 5.95. The van der Waals surface area contributed by atoms with Gasteiger partial charge in [0.15, 0.2) is 0 Å². The second-order valence-corrected chi connectivity index (χ2v) is 6.58. The number of aromatic nitrogens is 2. The summed E-state index contributed by atoms with van der Waals surface area (Å²) in [6.07, 6.45) is 3.55. The van der Waals surface area contributed by atoms with Crippen LogP contribution in [0.1, 0.15) is 50.2 Å². The van der Waals surface area contributed by atoms with Gasteiger partial charge >= 0.3 is 0 Å². The second-order valence-electron chi connectivity index (χ2n) is 6.58. The first-order chi connectivity index (χ1) is 9.38. The lowest BCUT2D eigenvalue weighted by molar-refractivity contribution is 0.0786. The van der Waals surface area contributed by atoms with Crippen LogP contribution >= 0.6 is 0 Å². The van der Waals surface area contributed by atoms with Crippen LogP contribution in [-0.2, 0) is 12.0 Å². The Morgan fingerprint density at radius 1 is 1.50 bits per heavy atom. The van der Waals surface area contributed by atoms with Crippen LogP contribution in [0.4, 0.5) is 0 Å². The molecule has 5 nitrogen and oxygen atoms in total. The highest BCUT2D eigenvalue weighted by Crippen LogP contribution is 2.23. The molecule has 0 bridgehead atoms.